The second kappa shape index (κ2) is 6.62. The standard InChI is InChI=1S/C13H19ClN2O/c1-9(8-15-3)13(17)16-10(2)11-6-4-5-7-12(11)14/h4-7,9-10,15H,8H2,1-3H3,(H,16,17). The average molecular weight is 255 g/mol. The van der Waals surface area contributed by atoms with Crippen molar-refractivity contribution in [3.8, 4) is 0 Å². The lowest BCUT2D eigenvalue weighted by Gasteiger charge is -2.18. The van der Waals surface area contributed by atoms with Crippen LogP contribution in [0.3, 0.4) is 0 Å². The summed E-state index contributed by atoms with van der Waals surface area (Å²) in [7, 11) is 1.83. The number of rotatable bonds is 5. The third-order valence-corrected chi connectivity index (χ3v) is 3.03. The maximum absolute atomic E-state index is 11.8. The lowest BCUT2D eigenvalue weighted by molar-refractivity contribution is -0.125. The van der Waals surface area contributed by atoms with Crippen molar-refractivity contribution in [2.24, 2.45) is 5.92 Å². The SMILES string of the molecule is CNCC(C)C(=O)NC(C)c1ccccc1Cl. The van der Waals surface area contributed by atoms with Crippen molar-refractivity contribution < 1.29 is 4.79 Å². The third-order valence-electron chi connectivity index (χ3n) is 2.69. The molecule has 4 heteroatoms. The van der Waals surface area contributed by atoms with E-state index in [2.05, 4.69) is 10.6 Å². The fourth-order valence-electron chi connectivity index (χ4n) is 1.66. The Morgan fingerprint density at radius 1 is 1.35 bits per heavy atom. The maximum Gasteiger partial charge on any atom is 0.224 e. The van der Waals surface area contributed by atoms with Gasteiger partial charge < -0.3 is 10.6 Å². The molecule has 3 nitrogen and oxygen atoms in total. The maximum atomic E-state index is 11.8. The van der Waals surface area contributed by atoms with Crippen molar-refractivity contribution in [2.45, 2.75) is 19.9 Å². The fraction of sp³-hybridized carbons (Fsp3) is 0.462. The monoisotopic (exact) mass is 254 g/mol. The van der Waals surface area contributed by atoms with Crippen molar-refractivity contribution in [1.29, 1.82) is 0 Å². The van der Waals surface area contributed by atoms with Crippen molar-refractivity contribution >= 4 is 17.5 Å². The van der Waals surface area contributed by atoms with Gasteiger partial charge in [0.25, 0.3) is 0 Å². The molecule has 0 saturated heterocycles. The van der Waals surface area contributed by atoms with Gasteiger partial charge in [-0.2, -0.15) is 0 Å². The Hall–Kier alpha value is -1.06. The summed E-state index contributed by atoms with van der Waals surface area (Å²) in [5.74, 6) is -0.0169. The molecular formula is C13H19ClN2O. The van der Waals surface area contributed by atoms with E-state index in [1.165, 1.54) is 0 Å². The van der Waals surface area contributed by atoms with Gasteiger partial charge in [-0.1, -0.05) is 36.7 Å². The van der Waals surface area contributed by atoms with Gasteiger partial charge in [0.05, 0.1) is 6.04 Å². The van der Waals surface area contributed by atoms with Crippen molar-refractivity contribution in [2.75, 3.05) is 13.6 Å². The highest BCUT2D eigenvalue weighted by Gasteiger charge is 2.16. The normalized spacial score (nSPS) is 14.1. The molecule has 0 saturated carbocycles. The average Bonchev–Trinajstić information content (AvgIpc) is 2.29. The molecule has 0 aliphatic rings. The van der Waals surface area contributed by atoms with E-state index in [4.69, 9.17) is 11.6 Å². The highest BCUT2D eigenvalue weighted by Crippen LogP contribution is 2.22. The summed E-state index contributed by atoms with van der Waals surface area (Å²) in [5, 5.41) is 6.63. The lowest BCUT2D eigenvalue weighted by Crippen LogP contribution is -2.35. The number of halogens is 1. The minimum atomic E-state index is -0.0736. The molecule has 0 aromatic heterocycles. The van der Waals surface area contributed by atoms with E-state index in [0.29, 0.717) is 11.6 Å². The minimum Gasteiger partial charge on any atom is -0.349 e. The summed E-state index contributed by atoms with van der Waals surface area (Å²) in [6.45, 7) is 4.50. The van der Waals surface area contributed by atoms with Crippen LogP contribution in [-0.4, -0.2) is 19.5 Å². The second-order valence-corrected chi connectivity index (χ2v) is 4.62. The molecule has 1 rings (SSSR count). The van der Waals surface area contributed by atoms with Gasteiger partial charge in [-0.15, -0.1) is 0 Å². The second-order valence-electron chi connectivity index (χ2n) is 4.21. The van der Waals surface area contributed by atoms with E-state index in [-0.39, 0.29) is 17.9 Å². The van der Waals surface area contributed by atoms with Gasteiger partial charge >= 0.3 is 0 Å². The fourth-order valence-corrected chi connectivity index (χ4v) is 1.96. The van der Waals surface area contributed by atoms with Crippen LogP contribution < -0.4 is 10.6 Å². The lowest BCUT2D eigenvalue weighted by atomic mass is 10.1. The van der Waals surface area contributed by atoms with Crippen LogP contribution >= 0.6 is 11.6 Å². The van der Waals surface area contributed by atoms with E-state index < -0.39 is 0 Å². The van der Waals surface area contributed by atoms with Crippen LogP contribution in [0.25, 0.3) is 0 Å². The van der Waals surface area contributed by atoms with Crippen LogP contribution in [0, 0.1) is 5.92 Å². The van der Waals surface area contributed by atoms with E-state index in [0.717, 1.165) is 5.56 Å². The smallest absolute Gasteiger partial charge is 0.224 e. The van der Waals surface area contributed by atoms with Crippen LogP contribution in [0.5, 0.6) is 0 Å². The number of benzene rings is 1. The molecule has 17 heavy (non-hydrogen) atoms. The van der Waals surface area contributed by atoms with E-state index in [1.54, 1.807) is 0 Å². The summed E-state index contributed by atoms with van der Waals surface area (Å²) in [5.41, 5.74) is 0.944. The third kappa shape index (κ3) is 4.02. The van der Waals surface area contributed by atoms with Crippen LogP contribution in [-0.2, 0) is 4.79 Å². The molecule has 94 valence electrons. The van der Waals surface area contributed by atoms with Gasteiger partial charge in [0, 0.05) is 17.5 Å². The predicted octanol–water partition coefficient (Wildman–Crippen LogP) is 2.37. The number of carbonyl (C=O) groups is 1. The highest BCUT2D eigenvalue weighted by molar-refractivity contribution is 6.31. The minimum absolute atomic E-state index is 0.0340. The van der Waals surface area contributed by atoms with Crippen LogP contribution in [0.1, 0.15) is 25.5 Å². The summed E-state index contributed by atoms with van der Waals surface area (Å²) in [6, 6.07) is 7.48. The molecule has 0 radical (unpaired) electrons. The largest absolute Gasteiger partial charge is 0.349 e. The molecule has 0 fully saturated rings. The molecule has 0 aliphatic heterocycles. The number of amides is 1. The zero-order chi connectivity index (χ0) is 12.8. The summed E-state index contributed by atoms with van der Waals surface area (Å²) >= 11 is 6.08. The first kappa shape index (κ1) is 14.0. The Balaban J connectivity index is 2.63. The van der Waals surface area contributed by atoms with E-state index in [9.17, 15) is 4.79 Å². The molecule has 1 aromatic rings. The van der Waals surface area contributed by atoms with Gasteiger partial charge in [-0.05, 0) is 25.6 Å². The molecule has 0 spiro atoms. The molecule has 0 aliphatic carbocycles. The highest BCUT2D eigenvalue weighted by atomic mass is 35.5. The quantitative estimate of drug-likeness (QED) is 0.847. The first-order chi connectivity index (χ1) is 8.06. The van der Waals surface area contributed by atoms with Crippen LogP contribution in [0.2, 0.25) is 5.02 Å². The summed E-state index contributed by atoms with van der Waals surface area (Å²) in [4.78, 5) is 11.8. The summed E-state index contributed by atoms with van der Waals surface area (Å²) in [6.07, 6.45) is 0. The number of hydrogen-bond donors (Lipinski definition) is 2. The van der Waals surface area contributed by atoms with Gasteiger partial charge in [0.15, 0.2) is 0 Å². The van der Waals surface area contributed by atoms with Gasteiger partial charge in [0.2, 0.25) is 5.91 Å². The first-order valence-electron chi connectivity index (χ1n) is 5.75. The van der Waals surface area contributed by atoms with Gasteiger partial charge in [-0.25, -0.2) is 0 Å². The Bertz CT molecular complexity index is 381. The zero-order valence-corrected chi connectivity index (χ0v) is 11.2. The molecule has 2 unspecified atom stereocenters. The number of carbonyl (C=O) groups excluding carboxylic acids is 1. The molecule has 2 N–H and O–H groups in total. The number of nitrogens with one attached hydrogen (secondary N) is 2. The summed E-state index contributed by atoms with van der Waals surface area (Å²) < 4.78 is 0. The van der Waals surface area contributed by atoms with E-state index in [1.807, 2.05) is 45.2 Å². The molecule has 0 heterocycles. The van der Waals surface area contributed by atoms with Crippen LogP contribution in [0.15, 0.2) is 24.3 Å². The Kier molecular flexibility index (Phi) is 5.45. The predicted molar refractivity (Wildman–Crippen MR) is 71.1 cm³/mol. The number of hydrogen-bond acceptors (Lipinski definition) is 2. The zero-order valence-electron chi connectivity index (χ0n) is 10.5. The van der Waals surface area contributed by atoms with Crippen molar-refractivity contribution in [1.82, 2.24) is 10.6 Å². The molecular weight excluding hydrogens is 236 g/mol. The molecule has 1 aromatic carbocycles. The van der Waals surface area contributed by atoms with E-state index >= 15 is 0 Å². The van der Waals surface area contributed by atoms with Gasteiger partial charge in [0.1, 0.15) is 0 Å². The topological polar surface area (TPSA) is 41.1 Å². The molecule has 0 bridgehead atoms. The van der Waals surface area contributed by atoms with Crippen molar-refractivity contribution in [3.05, 3.63) is 34.9 Å². The Labute approximate surface area is 108 Å². The molecule has 1 amide bonds. The van der Waals surface area contributed by atoms with Gasteiger partial charge in [-0.3, -0.25) is 4.79 Å². The molecule has 2 atom stereocenters. The first-order valence-corrected chi connectivity index (χ1v) is 6.13. The Morgan fingerprint density at radius 2 is 2.00 bits per heavy atom. The van der Waals surface area contributed by atoms with Crippen LogP contribution in [0.4, 0.5) is 0 Å². The Morgan fingerprint density at radius 3 is 2.59 bits per heavy atom. The van der Waals surface area contributed by atoms with Crippen molar-refractivity contribution in [3.63, 3.8) is 0 Å².